The molecule has 0 aliphatic heterocycles. The monoisotopic (exact) mass is 404 g/mol. The van der Waals surface area contributed by atoms with Crippen molar-refractivity contribution in [2.24, 2.45) is 0 Å². The molecule has 0 saturated carbocycles. The van der Waals surface area contributed by atoms with Gasteiger partial charge in [0.2, 0.25) is 0 Å². The van der Waals surface area contributed by atoms with E-state index in [0.29, 0.717) is 42.4 Å². The number of hydrogen-bond acceptors (Lipinski definition) is 5. The van der Waals surface area contributed by atoms with Crippen molar-refractivity contribution >= 4 is 36.3 Å². The standard InChI is InChI=1S/C17H27BCl2N2O4/c1-3-5-15(18(25)26)17(21-2,16(23)24)8-4-9-22-11-12-6-7-13(19)14(20)10-12/h6-7,10,15,21-22,25-26H,3-5,8-9,11H2,1-2H3,(H,23,24). The number of halogens is 2. The highest BCUT2D eigenvalue weighted by molar-refractivity contribution is 6.44. The number of benzene rings is 1. The first-order chi connectivity index (χ1) is 12.3. The summed E-state index contributed by atoms with van der Waals surface area (Å²) in [7, 11) is -0.148. The number of hydrogen-bond donors (Lipinski definition) is 5. The number of carboxylic acid groups (broad SMARTS) is 1. The normalized spacial score (nSPS) is 14.7. The fourth-order valence-electron chi connectivity index (χ4n) is 3.20. The molecular weight excluding hydrogens is 378 g/mol. The number of carboxylic acids is 1. The Balaban J connectivity index is 2.63. The van der Waals surface area contributed by atoms with E-state index in [4.69, 9.17) is 23.2 Å². The molecule has 1 rings (SSSR count). The molecule has 26 heavy (non-hydrogen) atoms. The van der Waals surface area contributed by atoms with Crippen LogP contribution in [0.15, 0.2) is 18.2 Å². The van der Waals surface area contributed by atoms with E-state index in [1.807, 2.05) is 13.0 Å². The summed E-state index contributed by atoms with van der Waals surface area (Å²) >= 11 is 11.9. The molecule has 2 atom stereocenters. The summed E-state index contributed by atoms with van der Waals surface area (Å²) in [5.74, 6) is -1.86. The number of likely N-dealkylation sites (N-methyl/N-ethyl adjacent to an activating group) is 1. The third kappa shape index (κ3) is 6.11. The second kappa shape index (κ2) is 11.1. The zero-order valence-electron chi connectivity index (χ0n) is 15.1. The summed E-state index contributed by atoms with van der Waals surface area (Å²) in [5.41, 5.74) is -0.401. The van der Waals surface area contributed by atoms with Gasteiger partial charge in [-0.3, -0.25) is 4.79 Å². The maximum absolute atomic E-state index is 11.9. The average molecular weight is 405 g/mol. The van der Waals surface area contributed by atoms with E-state index >= 15 is 0 Å². The predicted molar refractivity (Wildman–Crippen MR) is 106 cm³/mol. The first-order valence-corrected chi connectivity index (χ1v) is 9.47. The second-order valence-corrected chi connectivity index (χ2v) is 7.18. The van der Waals surface area contributed by atoms with Crippen molar-refractivity contribution in [1.82, 2.24) is 10.6 Å². The summed E-state index contributed by atoms with van der Waals surface area (Å²) in [5, 5.41) is 36.1. The summed E-state index contributed by atoms with van der Waals surface area (Å²) in [6, 6.07) is 5.39. The van der Waals surface area contributed by atoms with Crippen LogP contribution < -0.4 is 10.6 Å². The molecule has 1 aromatic carbocycles. The van der Waals surface area contributed by atoms with Crippen molar-refractivity contribution in [2.45, 2.75) is 50.5 Å². The molecule has 0 spiro atoms. The molecule has 0 heterocycles. The van der Waals surface area contributed by atoms with Gasteiger partial charge in [0.1, 0.15) is 5.54 Å². The Labute approximate surface area is 165 Å². The molecule has 1 aromatic rings. The minimum Gasteiger partial charge on any atom is -0.480 e. The molecule has 146 valence electrons. The fourth-order valence-corrected chi connectivity index (χ4v) is 3.52. The van der Waals surface area contributed by atoms with Gasteiger partial charge < -0.3 is 25.8 Å². The molecule has 2 unspecified atom stereocenters. The zero-order valence-corrected chi connectivity index (χ0v) is 16.6. The molecule has 9 heteroatoms. The number of carbonyl (C=O) groups is 1. The highest BCUT2D eigenvalue weighted by atomic mass is 35.5. The summed E-state index contributed by atoms with van der Waals surface area (Å²) in [6.07, 6.45) is 1.90. The van der Waals surface area contributed by atoms with Gasteiger partial charge in [-0.2, -0.15) is 0 Å². The molecule has 0 aromatic heterocycles. The Morgan fingerprint density at radius 1 is 1.31 bits per heavy atom. The average Bonchev–Trinajstić information content (AvgIpc) is 2.59. The smallest absolute Gasteiger partial charge is 0.457 e. The fraction of sp³-hybridized carbons (Fsp3) is 0.588. The first kappa shape index (κ1) is 23.2. The number of nitrogens with one attached hydrogen (secondary N) is 2. The Morgan fingerprint density at radius 3 is 2.50 bits per heavy atom. The van der Waals surface area contributed by atoms with Crippen LogP contribution in [0.25, 0.3) is 0 Å². The Hall–Kier alpha value is -0.825. The van der Waals surface area contributed by atoms with Gasteiger partial charge in [0, 0.05) is 12.4 Å². The van der Waals surface area contributed by atoms with Crippen LogP contribution in [-0.2, 0) is 11.3 Å². The largest absolute Gasteiger partial charge is 0.480 e. The van der Waals surface area contributed by atoms with Gasteiger partial charge in [0.05, 0.1) is 10.0 Å². The van der Waals surface area contributed by atoms with Crippen molar-refractivity contribution in [2.75, 3.05) is 13.6 Å². The molecule has 0 aliphatic carbocycles. The van der Waals surface area contributed by atoms with Gasteiger partial charge in [-0.05, 0) is 50.6 Å². The lowest BCUT2D eigenvalue weighted by molar-refractivity contribution is -0.145. The molecular formula is C17H27BCl2N2O4. The van der Waals surface area contributed by atoms with E-state index < -0.39 is 24.4 Å². The lowest BCUT2D eigenvalue weighted by atomic mass is 9.58. The van der Waals surface area contributed by atoms with Crippen molar-refractivity contribution in [1.29, 1.82) is 0 Å². The molecule has 5 N–H and O–H groups in total. The van der Waals surface area contributed by atoms with Crippen LogP contribution in [0, 0.1) is 0 Å². The van der Waals surface area contributed by atoms with E-state index in [1.165, 1.54) is 0 Å². The van der Waals surface area contributed by atoms with Crippen molar-refractivity contribution in [3.8, 4) is 0 Å². The Morgan fingerprint density at radius 2 is 2.00 bits per heavy atom. The van der Waals surface area contributed by atoms with Crippen LogP contribution in [0.2, 0.25) is 15.9 Å². The SMILES string of the molecule is CCCC(B(O)O)C(CCCNCc1ccc(Cl)c(Cl)c1)(NC)C(=O)O. The highest BCUT2D eigenvalue weighted by Crippen LogP contribution is 2.34. The van der Waals surface area contributed by atoms with Crippen LogP contribution in [0.4, 0.5) is 0 Å². The van der Waals surface area contributed by atoms with Crippen LogP contribution >= 0.6 is 23.2 Å². The van der Waals surface area contributed by atoms with Crippen molar-refractivity contribution < 1.29 is 19.9 Å². The van der Waals surface area contributed by atoms with Gasteiger partial charge in [0.15, 0.2) is 0 Å². The lowest BCUT2D eigenvalue weighted by Crippen LogP contribution is -2.57. The second-order valence-electron chi connectivity index (χ2n) is 6.36. The maximum Gasteiger partial charge on any atom is 0.457 e. The van der Waals surface area contributed by atoms with Crippen LogP contribution in [0.1, 0.15) is 38.2 Å². The van der Waals surface area contributed by atoms with Gasteiger partial charge >= 0.3 is 13.1 Å². The van der Waals surface area contributed by atoms with Gasteiger partial charge in [-0.1, -0.05) is 42.6 Å². The summed E-state index contributed by atoms with van der Waals surface area (Å²) in [6.45, 7) is 3.05. The van der Waals surface area contributed by atoms with E-state index in [0.717, 1.165) is 5.56 Å². The van der Waals surface area contributed by atoms with Gasteiger partial charge in [-0.25, -0.2) is 0 Å². The number of rotatable bonds is 12. The molecule has 0 amide bonds. The predicted octanol–water partition coefficient (Wildman–Crippen LogP) is 2.55. The van der Waals surface area contributed by atoms with Gasteiger partial charge in [0.25, 0.3) is 0 Å². The van der Waals surface area contributed by atoms with E-state index in [2.05, 4.69) is 10.6 Å². The van der Waals surface area contributed by atoms with E-state index in [1.54, 1.807) is 19.2 Å². The molecule has 0 fully saturated rings. The minimum absolute atomic E-state index is 0.273. The molecule has 0 radical (unpaired) electrons. The summed E-state index contributed by atoms with van der Waals surface area (Å²) in [4.78, 5) is 11.9. The van der Waals surface area contributed by atoms with Gasteiger partial charge in [-0.15, -0.1) is 0 Å². The Kier molecular flexibility index (Phi) is 9.93. The molecule has 0 aliphatic rings. The third-order valence-electron chi connectivity index (χ3n) is 4.66. The quantitative estimate of drug-likeness (QED) is 0.271. The maximum atomic E-state index is 11.9. The zero-order chi connectivity index (χ0) is 19.7. The Bertz CT molecular complexity index is 592. The third-order valence-corrected chi connectivity index (χ3v) is 5.40. The topological polar surface area (TPSA) is 102 Å². The highest BCUT2D eigenvalue weighted by Gasteiger charge is 2.48. The number of aliphatic carboxylic acids is 1. The minimum atomic E-state index is -1.69. The first-order valence-electron chi connectivity index (χ1n) is 8.71. The summed E-state index contributed by atoms with van der Waals surface area (Å²) < 4.78 is 0. The van der Waals surface area contributed by atoms with Crippen molar-refractivity contribution in [3.63, 3.8) is 0 Å². The molecule has 0 bridgehead atoms. The molecule has 6 nitrogen and oxygen atoms in total. The van der Waals surface area contributed by atoms with Crippen LogP contribution in [0.3, 0.4) is 0 Å². The van der Waals surface area contributed by atoms with Crippen molar-refractivity contribution in [3.05, 3.63) is 33.8 Å². The molecule has 0 saturated heterocycles. The lowest BCUT2D eigenvalue weighted by Gasteiger charge is -2.36. The van der Waals surface area contributed by atoms with E-state index in [-0.39, 0.29) is 6.42 Å². The van der Waals surface area contributed by atoms with Crippen LogP contribution in [0.5, 0.6) is 0 Å². The van der Waals surface area contributed by atoms with E-state index in [9.17, 15) is 19.9 Å². The van der Waals surface area contributed by atoms with Crippen LogP contribution in [-0.4, -0.2) is 47.4 Å².